The van der Waals surface area contributed by atoms with Crippen LogP contribution in [-0.2, 0) is 9.53 Å². The van der Waals surface area contributed by atoms with Gasteiger partial charge >= 0.3 is 0 Å². The molecule has 1 aliphatic carbocycles. The predicted octanol–water partition coefficient (Wildman–Crippen LogP) is 0.409. The van der Waals surface area contributed by atoms with Crippen molar-refractivity contribution in [2.45, 2.75) is 44.8 Å². The van der Waals surface area contributed by atoms with Crippen molar-refractivity contribution in [1.29, 1.82) is 0 Å². The van der Waals surface area contributed by atoms with Crippen LogP contribution in [0.3, 0.4) is 0 Å². The molecular weight excluding hydrogens is 180 g/mol. The fraction of sp³-hybridized carbons (Fsp3) is 0.900. The summed E-state index contributed by atoms with van der Waals surface area (Å²) in [7, 11) is 0. The van der Waals surface area contributed by atoms with Gasteiger partial charge in [-0.2, -0.15) is 0 Å². The Morgan fingerprint density at radius 2 is 2.21 bits per heavy atom. The number of rotatable bonds is 6. The summed E-state index contributed by atoms with van der Waals surface area (Å²) in [5.41, 5.74) is 5.17. The molecule has 0 aromatic rings. The molecule has 1 aliphatic rings. The number of nitrogens with one attached hydrogen (secondary N) is 1. The van der Waals surface area contributed by atoms with Gasteiger partial charge in [-0.15, -0.1) is 0 Å². The highest BCUT2D eigenvalue weighted by Gasteiger charge is 2.23. The molecule has 0 heterocycles. The van der Waals surface area contributed by atoms with Crippen LogP contribution < -0.4 is 11.1 Å². The van der Waals surface area contributed by atoms with Gasteiger partial charge in [-0.25, -0.2) is 0 Å². The highest BCUT2D eigenvalue weighted by atomic mass is 16.5. The zero-order valence-corrected chi connectivity index (χ0v) is 9.01. The third kappa shape index (κ3) is 4.58. The summed E-state index contributed by atoms with van der Waals surface area (Å²) in [5, 5.41) is 2.91. The van der Waals surface area contributed by atoms with Gasteiger partial charge < -0.3 is 15.8 Å². The molecule has 0 bridgehead atoms. The highest BCUT2D eigenvalue weighted by Crippen LogP contribution is 2.18. The Labute approximate surface area is 85.2 Å². The molecule has 1 rings (SSSR count). The summed E-state index contributed by atoms with van der Waals surface area (Å²) in [6.07, 6.45) is 2.68. The molecule has 0 saturated heterocycles. The van der Waals surface area contributed by atoms with Crippen LogP contribution >= 0.6 is 0 Å². The molecule has 3 N–H and O–H groups in total. The van der Waals surface area contributed by atoms with Crippen LogP contribution in [0, 0.1) is 0 Å². The van der Waals surface area contributed by atoms with Crippen molar-refractivity contribution in [3.8, 4) is 0 Å². The number of ether oxygens (including phenoxy) is 1. The molecule has 0 aliphatic heterocycles. The number of hydrogen-bond donors (Lipinski definition) is 2. The smallest absolute Gasteiger partial charge is 0.222 e. The average Bonchev–Trinajstić information content (AvgIpc) is 2.88. The third-order valence-corrected chi connectivity index (χ3v) is 2.26. The molecular formula is C10H20N2O2. The minimum atomic E-state index is -0.320. The van der Waals surface area contributed by atoms with Gasteiger partial charge in [0.15, 0.2) is 0 Å². The molecule has 82 valence electrons. The van der Waals surface area contributed by atoms with Crippen LogP contribution in [0.15, 0.2) is 0 Å². The molecule has 4 nitrogen and oxygen atoms in total. The summed E-state index contributed by atoms with van der Waals surface area (Å²) < 4.78 is 5.47. The lowest BCUT2D eigenvalue weighted by Gasteiger charge is -2.22. The average molecular weight is 200 g/mol. The molecule has 1 fully saturated rings. The maximum absolute atomic E-state index is 11.2. The van der Waals surface area contributed by atoms with Crippen LogP contribution in [0.1, 0.15) is 33.1 Å². The second-order valence-electron chi connectivity index (χ2n) is 4.40. The van der Waals surface area contributed by atoms with E-state index >= 15 is 0 Å². The number of hydrogen-bond acceptors (Lipinski definition) is 3. The van der Waals surface area contributed by atoms with Gasteiger partial charge in [-0.3, -0.25) is 4.79 Å². The fourth-order valence-corrected chi connectivity index (χ4v) is 1.01. The second kappa shape index (κ2) is 4.75. The Bertz CT molecular complexity index is 200. The van der Waals surface area contributed by atoms with E-state index in [-0.39, 0.29) is 11.5 Å². The Balaban J connectivity index is 2.04. The first kappa shape index (κ1) is 11.5. The minimum absolute atomic E-state index is 0.0836. The third-order valence-electron chi connectivity index (χ3n) is 2.26. The van der Waals surface area contributed by atoms with Crippen molar-refractivity contribution in [3.63, 3.8) is 0 Å². The Hall–Kier alpha value is -0.610. The minimum Gasteiger partial charge on any atom is -0.374 e. The van der Waals surface area contributed by atoms with E-state index in [2.05, 4.69) is 5.32 Å². The molecule has 14 heavy (non-hydrogen) atoms. The van der Waals surface area contributed by atoms with Crippen LogP contribution in [0.5, 0.6) is 0 Å². The van der Waals surface area contributed by atoms with Gasteiger partial charge in [-0.1, -0.05) is 0 Å². The first-order chi connectivity index (χ1) is 6.53. The van der Waals surface area contributed by atoms with Gasteiger partial charge in [0.2, 0.25) is 5.91 Å². The second-order valence-corrected chi connectivity index (χ2v) is 4.40. The summed E-state index contributed by atoms with van der Waals surface area (Å²) >= 11 is 0. The van der Waals surface area contributed by atoms with E-state index in [0.717, 1.165) is 12.8 Å². The van der Waals surface area contributed by atoms with Crippen LogP contribution in [0.4, 0.5) is 0 Å². The van der Waals surface area contributed by atoms with Crippen molar-refractivity contribution >= 4 is 5.91 Å². The normalized spacial score (nSPS) is 16.8. The van der Waals surface area contributed by atoms with Gasteiger partial charge in [0.25, 0.3) is 0 Å². The maximum Gasteiger partial charge on any atom is 0.222 e. The SMILES string of the molecule is CC(C)(CN)OCCC(=O)NC1CC1. The predicted molar refractivity (Wildman–Crippen MR) is 54.9 cm³/mol. The largest absolute Gasteiger partial charge is 0.374 e. The number of carbonyl (C=O) groups is 1. The molecule has 0 unspecified atom stereocenters. The summed E-state index contributed by atoms with van der Waals surface area (Å²) in [4.78, 5) is 11.2. The molecule has 1 saturated carbocycles. The summed E-state index contributed by atoms with van der Waals surface area (Å²) in [5.74, 6) is 0.0836. The van der Waals surface area contributed by atoms with E-state index < -0.39 is 0 Å². The van der Waals surface area contributed by atoms with E-state index in [4.69, 9.17) is 10.5 Å². The standard InChI is InChI=1S/C10H20N2O2/c1-10(2,7-11)14-6-5-9(13)12-8-3-4-8/h8H,3-7,11H2,1-2H3,(H,12,13). The number of carbonyl (C=O) groups excluding carboxylic acids is 1. The van der Waals surface area contributed by atoms with Crippen molar-refractivity contribution in [3.05, 3.63) is 0 Å². The Morgan fingerprint density at radius 3 is 2.71 bits per heavy atom. The van der Waals surface area contributed by atoms with Gasteiger partial charge in [0.1, 0.15) is 0 Å². The number of nitrogens with two attached hydrogens (primary N) is 1. The number of amides is 1. The van der Waals surface area contributed by atoms with Crippen molar-refractivity contribution in [1.82, 2.24) is 5.32 Å². The molecule has 0 radical (unpaired) electrons. The summed E-state index contributed by atoms with van der Waals surface area (Å²) in [6, 6.07) is 0.435. The van der Waals surface area contributed by atoms with Crippen molar-refractivity contribution in [2.24, 2.45) is 5.73 Å². The van der Waals surface area contributed by atoms with Crippen LogP contribution in [-0.4, -0.2) is 30.7 Å². The lowest BCUT2D eigenvalue weighted by Crippen LogP contribution is -2.35. The zero-order chi connectivity index (χ0) is 10.6. The molecule has 0 atom stereocenters. The van der Waals surface area contributed by atoms with E-state index in [0.29, 0.717) is 25.6 Å². The molecule has 0 spiro atoms. The molecule has 0 aromatic carbocycles. The topological polar surface area (TPSA) is 64.3 Å². The fourth-order valence-electron chi connectivity index (χ4n) is 1.01. The van der Waals surface area contributed by atoms with Gasteiger partial charge in [-0.05, 0) is 26.7 Å². The van der Waals surface area contributed by atoms with E-state index in [9.17, 15) is 4.79 Å². The molecule has 4 heteroatoms. The van der Waals surface area contributed by atoms with Gasteiger partial charge in [0, 0.05) is 19.0 Å². The zero-order valence-electron chi connectivity index (χ0n) is 9.01. The lowest BCUT2D eigenvalue weighted by atomic mass is 10.1. The van der Waals surface area contributed by atoms with Crippen LogP contribution in [0.25, 0.3) is 0 Å². The molecule has 1 amide bonds. The first-order valence-corrected chi connectivity index (χ1v) is 5.17. The quantitative estimate of drug-likeness (QED) is 0.652. The first-order valence-electron chi connectivity index (χ1n) is 5.17. The van der Waals surface area contributed by atoms with Crippen molar-refractivity contribution < 1.29 is 9.53 Å². The Kier molecular flexibility index (Phi) is 3.89. The molecule has 0 aromatic heterocycles. The highest BCUT2D eigenvalue weighted by molar-refractivity contribution is 5.76. The maximum atomic E-state index is 11.2. The van der Waals surface area contributed by atoms with Crippen LogP contribution in [0.2, 0.25) is 0 Å². The van der Waals surface area contributed by atoms with E-state index in [1.54, 1.807) is 0 Å². The monoisotopic (exact) mass is 200 g/mol. The van der Waals surface area contributed by atoms with E-state index in [1.165, 1.54) is 0 Å². The van der Waals surface area contributed by atoms with Gasteiger partial charge in [0.05, 0.1) is 12.2 Å². The van der Waals surface area contributed by atoms with Crippen molar-refractivity contribution in [2.75, 3.05) is 13.2 Å². The lowest BCUT2D eigenvalue weighted by molar-refractivity contribution is -0.123. The Morgan fingerprint density at radius 1 is 1.57 bits per heavy atom. The van der Waals surface area contributed by atoms with E-state index in [1.807, 2.05) is 13.8 Å². The summed E-state index contributed by atoms with van der Waals surface area (Å²) in [6.45, 7) is 4.76.